The minimum atomic E-state index is -3.56. The molecule has 1 saturated heterocycles. The number of ether oxygens (including phenoxy) is 1. The second-order valence-electron chi connectivity index (χ2n) is 7.96. The summed E-state index contributed by atoms with van der Waals surface area (Å²) < 4.78 is 32.7. The molecule has 174 valence electrons. The number of aromatic nitrogens is 2. The zero-order valence-corrected chi connectivity index (χ0v) is 20.0. The quantitative estimate of drug-likeness (QED) is 0.568. The first-order valence-corrected chi connectivity index (χ1v) is 12.4. The van der Waals surface area contributed by atoms with E-state index in [-0.39, 0.29) is 4.90 Å². The predicted octanol–water partition coefficient (Wildman–Crippen LogP) is 3.61. The monoisotopic (exact) mass is 467 g/mol. The van der Waals surface area contributed by atoms with E-state index in [0.29, 0.717) is 37.9 Å². The molecule has 2 aromatic carbocycles. The summed E-state index contributed by atoms with van der Waals surface area (Å²) in [6, 6.07) is 16.6. The first-order chi connectivity index (χ1) is 15.9. The van der Waals surface area contributed by atoms with Gasteiger partial charge >= 0.3 is 0 Å². The maximum Gasteiger partial charge on any atom is 0.243 e. The fourth-order valence-corrected chi connectivity index (χ4v) is 5.10. The van der Waals surface area contributed by atoms with Gasteiger partial charge in [-0.2, -0.15) is 9.29 Å². The molecule has 0 amide bonds. The molecule has 0 saturated carbocycles. The highest BCUT2D eigenvalue weighted by molar-refractivity contribution is 7.89. The van der Waals surface area contributed by atoms with Gasteiger partial charge in [0, 0.05) is 43.6 Å². The Morgan fingerprint density at radius 3 is 2.24 bits per heavy atom. The standard InChI is InChI=1S/C24H29N5O3S/c1-4-19-17-23(25-20-7-5-18(2)6-8-20)27-24(26-19)28-13-15-29(16-14-28)33(30,31)22-11-9-21(32-3)10-12-22/h5-12,17H,4,13-16H2,1-3H3,(H,25,26,27). The summed E-state index contributed by atoms with van der Waals surface area (Å²) in [7, 11) is -2.00. The highest BCUT2D eigenvalue weighted by Gasteiger charge is 2.29. The van der Waals surface area contributed by atoms with Gasteiger partial charge in [-0.1, -0.05) is 24.6 Å². The Hall–Kier alpha value is -3.17. The molecule has 8 nitrogen and oxygen atoms in total. The maximum atomic E-state index is 13.0. The Kier molecular flexibility index (Phi) is 6.80. The zero-order chi connectivity index (χ0) is 23.4. The van der Waals surface area contributed by atoms with E-state index < -0.39 is 10.0 Å². The number of piperazine rings is 1. The Labute approximate surface area is 195 Å². The number of rotatable bonds is 7. The second-order valence-corrected chi connectivity index (χ2v) is 9.89. The highest BCUT2D eigenvalue weighted by atomic mass is 32.2. The smallest absolute Gasteiger partial charge is 0.243 e. The van der Waals surface area contributed by atoms with Crippen LogP contribution in [0.3, 0.4) is 0 Å². The van der Waals surface area contributed by atoms with Crippen LogP contribution in [-0.4, -0.2) is 56.0 Å². The number of hydrogen-bond acceptors (Lipinski definition) is 7. The van der Waals surface area contributed by atoms with E-state index in [1.54, 1.807) is 31.4 Å². The van der Waals surface area contributed by atoms with Gasteiger partial charge in [-0.25, -0.2) is 13.4 Å². The van der Waals surface area contributed by atoms with Gasteiger partial charge in [0.2, 0.25) is 16.0 Å². The van der Waals surface area contributed by atoms with Crippen molar-refractivity contribution >= 4 is 27.5 Å². The average Bonchev–Trinajstić information content (AvgIpc) is 2.85. The summed E-state index contributed by atoms with van der Waals surface area (Å²) in [5, 5.41) is 3.35. The van der Waals surface area contributed by atoms with Crippen molar-refractivity contribution in [3.63, 3.8) is 0 Å². The number of sulfonamides is 1. The molecule has 0 bridgehead atoms. The molecule has 1 aliphatic heterocycles. The maximum absolute atomic E-state index is 13.0. The minimum Gasteiger partial charge on any atom is -0.497 e. The lowest BCUT2D eigenvalue weighted by atomic mass is 10.2. The van der Waals surface area contributed by atoms with Gasteiger partial charge in [0.25, 0.3) is 0 Å². The normalized spacial score (nSPS) is 14.8. The molecule has 1 N–H and O–H groups in total. The van der Waals surface area contributed by atoms with Gasteiger partial charge in [-0.3, -0.25) is 0 Å². The van der Waals surface area contributed by atoms with E-state index in [1.165, 1.54) is 9.87 Å². The van der Waals surface area contributed by atoms with Crippen LogP contribution in [0.5, 0.6) is 5.75 Å². The van der Waals surface area contributed by atoms with Crippen molar-refractivity contribution in [1.29, 1.82) is 0 Å². The number of benzene rings is 2. The van der Waals surface area contributed by atoms with Crippen LogP contribution in [0.1, 0.15) is 18.2 Å². The van der Waals surface area contributed by atoms with Crippen molar-refractivity contribution < 1.29 is 13.2 Å². The van der Waals surface area contributed by atoms with E-state index in [1.807, 2.05) is 35.2 Å². The average molecular weight is 468 g/mol. The molecule has 0 atom stereocenters. The summed E-state index contributed by atoms with van der Waals surface area (Å²) in [5.74, 6) is 1.97. The number of anilines is 3. The Morgan fingerprint density at radius 1 is 0.970 bits per heavy atom. The number of nitrogens with one attached hydrogen (secondary N) is 1. The third-order valence-corrected chi connectivity index (χ3v) is 7.59. The van der Waals surface area contributed by atoms with Crippen molar-refractivity contribution in [1.82, 2.24) is 14.3 Å². The van der Waals surface area contributed by atoms with E-state index >= 15 is 0 Å². The molecule has 1 aromatic heterocycles. The number of nitrogens with zero attached hydrogens (tertiary/aromatic N) is 4. The summed E-state index contributed by atoms with van der Waals surface area (Å²) in [6.07, 6.45) is 0.782. The van der Waals surface area contributed by atoms with Gasteiger partial charge in [0.15, 0.2) is 0 Å². The highest BCUT2D eigenvalue weighted by Crippen LogP contribution is 2.23. The van der Waals surface area contributed by atoms with Crippen LogP contribution in [0.4, 0.5) is 17.5 Å². The van der Waals surface area contributed by atoms with Crippen molar-refractivity contribution in [3.05, 3.63) is 65.9 Å². The second kappa shape index (κ2) is 9.76. The molecule has 4 rings (SSSR count). The van der Waals surface area contributed by atoms with Crippen LogP contribution in [0.2, 0.25) is 0 Å². The third-order valence-electron chi connectivity index (χ3n) is 5.67. The van der Waals surface area contributed by atoms with Gasteiger partial charge in [0.05, 0.1) is 12.0 Å². The molecule has 0 radical (unpaired) electrons. The molecule has 33 heavy (non-hydrogen) atoms. The van der Waals surface area contributed by atoms with Gasteiger partial charge in [-0.05, 0) is 49.7 Å². The van der Waals surface area contributed by atoms with E-state index in [2.05, 4.69) is 24.1 Å². The predicted molar refractivity (Wildman–Crippen MR) is 130 cm³/mol. The topological polar surface area (TPSA) is 87.7 Å². The van der Waals surface area contributed by atoms with Crippen LogP contribution in [0.15, 0.2) is 59.5 Å². The van der Waals surface area contributed by atoms with Gasteiger partial charge in [0.1, 0.15) is 11.6 Å². The number of methoxy groups -OCH3 is 1. The van der Waals surface area contributed by atoms with Crippen LogP contribution < -0.4 is 15.0 Å². The molecule has 1 fully saturated rings. The molecular weight excluding hydrogens is 438 g/mol. The van der Waals surface area contributed by atoms with Crippen molar-refractivity contribution in [2.75, 3.05) is 43.5 Å². The Balaban J connectivity index is 1.48. The molecule has 2 heterocycles. The van der Waals surface area contributed by atoms with Gasteiger partial charge < -0.3 is 15.0 Å². The summed E-state index contributed by atoms with van der Waals surface area (Å²) in [5.41, 5.74) is 3.09. The van der Waals surface area contributed by atoms with Crippen molar-refractivity contribution in [2.45, 2.75) is 25.2 Å². The molecule has 0 spiro atoms. The first-order valence-electron chi connectivity index (χ1n) is 11.0. The third kappa shape index (κ3) is 5.26. The first kappa shape index (κ1) is 23.0. The Bertz CT molecular complexity index is 1190. The summed E-state index contributed by atoms with van der Waals surface area (Å²) in [4.78, 5) is 11.7. The SMILES string of the molecule is CCc1cc(Nc2ccc(C)cc2)nc(N2CCN(S(=O)(=O)c3ccc(OC)cc3)CC2)n1. The minimum absolute atomic E-state index is 0.269. The zero-order valence-electron chi connectivity index (χ0n) is 19.2. The van der Waals surface area contributed by atoms with Gasteiger partial charge in [-0.15, -0.1) is 0 Å². The number of hydrogen-bond donors (Lipinski definition) is 1. The molecule has 3 aromatic rings. The van der Waals surface area contributed by atoms with Crippen molar-refractivity contribution in [2.24, 2.45) is 0 Å². The number of aryl methyl sites for hydroxylation is 2. The summed E-state index contributed by atoms with van der Waals surface area (Å²) >= 11 is 0. The van der Waals surface area contributed by atoms with Crippen LogP contribution in [0.25, 0.3) is 0 Å². The lowest BCUT2D eigenvalue weighted by Crippen LogP contribution is -2.49. The molecule has 0 aliphatic carbocycles. The van der Waals surface area contributed by atoms with E-state index in [4.69, 9.17) is 9.72 Å². The van der Waals surface area contributed by atoms with Crippen molar-refractivity contribution in [3.8, 4) is 5.75 Å². The van der Waals surface area contributed by atoms with Crippen LogP contribution >= 0.6 is 0 Å². The fraction of sp³-hybridized carbons (Fsp3) is 0.333. The Morgan fingerprint density at radius 2 is 1.64 bits per heavy atom. The molecule has 9 heteroatoms. The van der Waals surface area contributed by atoms with E-state index in [0.717, 1.165) is 23.6 Å². The lowest BCUT2D eigenvalue weighted by Gasteiger charge is -2.34. The fourth-order valence-electron chi connectivity index (χ4n) is 3.68. The largest absolute Gasteiger partial charge is 0.497 e. The van der Waals surface area contributed by atoms with Crippen LogP contribution in [0, 0.1) is 6.92 Å². The van der Waals surface area contributed by atoms with Crippen LogP contribution in [-0.2, 0) is 16.4 Å². The lowest BCUT2D eigenvalue weighted by molar-refractivity contribution is 0.382. The molecule has 1 aliphatic rings. The molecular formula is C24H29N5O3S. The molecule has 0 unspecified atom stereocenters. The summed E-state index contributed by atoms with van der Waals surface area (Å²) in [6.45, 7) is 5.89. The van der Waals surface area contributed by atoms with E-state index in [9.17, 15) is 8.42 Å².